The van der Waals surface area contributed by atoms with Crippen LogP contribution in [0.15, 0.2) is 35.4 Å². The summed E-state index contributed by atoms with van der Waals surface area (Å²) in [7, 11) is 0. The van der Waals surface area contributed by atoms with Crippen molar-refractivity contribution in [2.24, 2.45) is 0 Å². The molecule has 0 bridgehead atoms. The van der Waals surface area contributed by atoms with Crippen molar-refractivity contribution in [3.63, 3.8) is 0 Å². The van der Waals surface area contributed by atoms with E-state index < -0.39 is 5.97 Å². The SMILES string of the molecule is Cc1ccc(SCc2ncc(C(=O)O)[nH]2)cc1. The summed E-state index contributed by atoms with van der Waals surface area (Å²) < 4.78 is 0. The van der Waals surface area contributed by atoms with E-state index in [1.807, 2.05) is 31.2 Å². The maximum atomic E-state index is 10.6. The van der Waals surface area contributed by atoms with E-state index in [4.69, 9.17) is 5.11 Å². The van der Waals surface area contributed by atoms with E-state index in [2.05, 4.69) is 9.97 Å². The molecule has 17 heavy (non-hydrogen) atoms. The second-order valence-electron chi connectivity index (χ2n) is 3.65. The molecular formula is C12H12N2O2S. The Bertz CT molecular complexity index is 520. The van der Waals surface area contributed by atoms with Gasteiger partial charge in [0.05, 0.1) is 11.9 Å². The number of H-pyrrole nitrogens is 1. The summed E-state index contributed by atoms with van der Waals surface area (Å²) in [6, 6.07) is 8.18. The van der Waals surface area contributed by atoms with Gasteiger partial charge >= 0.3 is 5.97 Å². The molecule has 0 aliphatic carbocycles. The van der Waals surface area contributed by atoms with Crippen LogP contribution in [0.1, 0.15) is 21.9 Å². The van der Waals surface area contributed by atoms with Crippen LogP contribution in [0.3, 0.4) is 0 Å². The summed E-state index contributed by atoms with van der Waals surface area (Å²) in [5, 5.41) is 8.74. The van der Waals surface area contributed by atoms with Crippen LogP contribution in [-0.4, -0.2) is 21.0 Å². The smallest absolute Gasteiger partial charge is 0.353 e. The van der Waals surface area contributed by atoms with Gasteiger partial charge in [-0.3, -0.25) is 0 Å². The molecule has 2 N–H and O–H groups in total. The summed E-state index contributed by atoms with van der Waals surface area (Å²) in [5.41, 5.74) is 1.35. The first-order valence-electron chi connectivity index (χ1n) is 5.12. The second-order valence-corrected chi connectivity index (χ2v) is 4.70. The Morgan fingerprint density at radius 3 is 2.71 bits per heavy atom. The number of carboxylic acids is 1. The Kier molecular flexibility index (Phi) is 3.49. The van der Waals surface area contributed by atoms with Crippen molar-refractivity contribution in [1.82, 2.24) is 9.97 Å². The minimum Gasteiger partial charge on any atom is -0.477 e. The molecule has 2 aromatic rings. The molecule has 0 atom stereocenters. The molecule has 0 aliphatic heterocycles. The maximum absolute atomic E-state index is 10.6. The predicted octanol–water partition coefficient (Wildman–Crippen LogP) is 2.71. The lowest BCUT2D eigenvalue weighted by molar-refractivity contribution is 0.0691. The molecule has 5 heteroatoms. The molecule has 1 aromatic carbocycles. The lowest BCUT2D eigenvalue weighted by Gasteiger charge is -1.99. The van der Waals surface area contributed by atoms with Crippen molar-refractivity contribution < 1.29 is 9.90 Å². The number of aryl methyl sites for hydroxylation is 1. The van der Waals surface area contributed by atoms with Gasteiger partial charge in [-0.1, -0.05) is 17.7 Å². The minimum absolute atomic E-state index is 0.129. The van der Waals surface area contributed by atoms with Crippen LogP contribution in [0.5, 0.6) is 0 Å². The van der Waals surface area contributed by atoms with Gasteiger partial charge in [0.25, 0.3) is 0 Å². The largest absolute Gasteiger partial charge is 0.477 e. The zero-order valence-electron chi connectivity index (χ0n) is 9.30. The van der Waals surface area contributed by atoms with Gasteiger partial charge in [0.15, 0.2) is 0 Å². The number of aromatic carboxylic acids is 1. The highest BCUT2D eigenvalue weighted by molar-refractivity contribution is 7.98. The van der Waals surface area contributed by atoms with E-state index in [0.717, 1.165) is 4.90 Å². The number of thioether (sulfide) groups is 1. The highest BCUT2D eigenvalue weighted by atomic mass is 32.2. The van der Waals surface area contributed by atoms with Crippen LogP contribution in [0, 0.1) is 6.92 Å². The Balaban J connectivity index is 1.97. The van der Waals surface area contributed by atoms with E-state index in [1.165, 1.54) is 11.8 Å². The lowest BCUT2D eigenvalue weighted by atomic mass is 10.2. The molecule has 1 heterocycles. The normalized spacial score (nSPS) is 10.4. The molecule has 1 aromatic heterocycles. The van der Waals surface area contributed by atoms with Gasteiger partial charge < -0.3 is 10.1 Å². The number of rotatable bonds is 4. The molecule has 0 spiro atoms. The number of hydrogen-bond donors (Lipinski definition) is 2. The van der Waals surface area contributed by atoms with Gasteiger partial charge in [-0.15, -0.1) is 11.8 Å². The summed E-state index contributed by atoms with van der Waals surface area (Å²) in [4.78, 5) is 18.6. The lowest BCUT2D eigenvalue weighted by Crippen LogP contribution is -1.96. The molecule has 88 valence electrons. The third kappa shape index (κ3) is 3.10. The molecule has 0 amide bonds. The van der Waals surface area contributed by atoms with Crippen LogP contribution < -0.4 is 0 Å². The fraction of sp³-hybridized carbons (Fsp3) is 0.167. The number of nitrogens with one attached hydrogen (secondary N) is 1. The van der Waals surface area contributed by atoms with Crippen LogP contribution in [0.2, 0.25) is 0 Å². The highest BCUT2D eigenvalue weighted by Crippen LogP contribution is 2.21. The third-order valence-electron chi connectivity index (χ3n) is 2.26. The number of imidazole rings is 1. The fourth-order valence-electron chi connectivity index (χ4n) is 1.33. The maximum Gasteiger partial charge on any atom is 0.353 e. The molecule has 2 rings (SSSR count). The number of benzene rings is 1. The average molecular weight is 248 g/mol. The molecule has 0 saturated heterocycles. The quantitative estimate of drug-likeness (QED) is 0.816. The average Bonchev–Trinajstić information content (AvgIpc) is 2.77. The molecule has 0 saturated carbocycles. The zero-order chi connectivity index (χ0) is 12.3. The first-order valence-corrected chi connectivity index (χ1v) is 6.10. The molecule has 0 radical (unpaired) electrons. The van der Waals surface area contributed by atoms with Crippen molar-refractivity contribution in [3.05, 3.63) is 47.5 Å². The monoisotopic (exact) mass is 248 g/mol. The number of hydrogen-bond acceptors (Lipinski definition) is 3. The summed E-state index contributed by atoms with van der Waals surface area (Å²) in [5.74, 6) is 0.327. The third-order valence-corrected chi connectivity index (χ3v) is 3.28. The van der Waals surface area contributed by atoms with Crippen LogP contribution >= 0.6 is 11.8 Å². The van der Waals surface area contributed by atoms with E-state index >= 15 is 0 Å². The Labute approximate surface area is 103 Å². The van der Waals surface area contributed by atoms with Crippen molar-refractivity contribution in [1.29, 1.82) is 0 Å². The van der Waals surface area contributed by atoms with Crippen LogP contribution in [0.25, 0.3) is 0 Å². The van der Waals surface area contributed by atoms with Crippen molar-refractivity contribution in [2.45, 2.75) is 17.6 Å². The van der Waals surface area contributed by atoms with Gasteiger partial charge in [-0.25, -0.2) is 9.78 Å². The summed E-state index contributed by atoms with van der Waals surface area (Å²) in [6.45, 7) is 2.04. The molecule has 0 aliphatic rings. The Morgan fingerprint density at radius 2 is 2.12 bits per heavy atom. The number of aromatic nitrogens is 2. The Hall–Kier alpha value is -1.75. The summed E-state index contributed by atoms with van der Waals surface area (Å²) in [6.07, 6.45) is 1.34. The van der Waals surface area contributed by atoms with E-state index in [-0.39, 0.29) is 5.69 Å². The standard InChI is InChI=1S/C12H12N2O2S/c1-8-2-4-9(5-3-8)17-7-11-13-6-10(14-11)12(15)16/h2-6H,7H2,1H3,(H,13,14)(H,15,16). The van der Waals surface area contributed by atoms with Crippen molar-refractivity contribution >= 4 is 17.7 Å². The van der Waals surface area contributed by atoms with Crippen LogP contribution in [0.4, 0.5) is 0 Å². The molecule has 0 fully saturated rings. The van der Waals surface area contributed by atoms with Gasteiger partial charge in [0.1, 0.15) is 11.5 Å². The van der Waals surface area contributed by atoms with Crippen LogP contribution in [-0.2, 0) is 5.75 Å². The van der Waals surface area contributed by atoms with Gasteiger partial charge in [0.2, 0.25) is 0 Å². The van der Waals surface area contributed by atoms with E-state index in [0.29, 0.717) is 11.6 Å². The van der Waals surface area contributed by atoms with Gasteiger partial charge in [-0.2, -0.15) is 0 Å². The first-order chi connectivity index (χ1) is 8.15. The topological polar surface area (TPSA) is 66.0 Å². The number of aromatic amines is 1. The molecule has 4 nitrogen and oxygen atoms in total. The predicted molar refractivity (Wildman–Crippen MR) is 66.3 cm³/mol. The highest BCUT2D eigenvalue weighted by Gasteiger charge is 2.07. The van der Waals surface area contributed by atoms with E-state index in [9.17, 15) is 4.79 Å². The van der Waals surface area contributed by atoms with E-state index in [1.54, 1.807) is 11.8 Å². The molecule has 0 unspecified atom stereocenters. The second kappa shape index (κ2) is 5.05. The number of carbonyl (C=O) groups is 1. The first kappa shape index (κ1) is 11.7. The van der Waals surface area contributed by atoms with Gasteiger partial charge in [-0.05, 0) is 19.1 Å². The van der Waals surface area contributed by atoms with Crippen molar-refractivity contribution in [3.8, 4) is 0 Å². The zero-order valence-corrected chi connectivity index (χ0v) is 10.1. The Morgan fingerprint density at radius 1 is 1.41 bits per heavy atom. The summed E-state index contributed by atoms with van der Waals surface area (Å²) >= 11 is 1.62. The van der Waals surface area contributed by atoms with Gasteiger partial charge in [0, 0.05) is 4.90 Å². The number of carboxylic acid groups (broad SMARTS) is 1. The fourth-order valence-corrected chi connectivity index (χ4v) is 2.11. The molecular weight excluding hydrogens is 236 g/mol. The van der Waals surface area contributed by atoms with Crippen molar-refractivity contribution in [2.75, 3.05) is 0 Å². The minimum atomic E-state index is -0.982. The number of nitrogens with zero attached hydrogens (tertiary/aromatic N) is 1.